The van der Waals surface area contributed by atoms with Crippen LogP contribution in [0, 0.1) is 5.82 Å². The second-order valence-electron chi connectivity index (χ2n) is 5.21. The Morgan fingerprint density at radius 1 is 1.42 bits per heavy atom. The molecule has 1 aromatic rings. The van der Waals surface area contributed by atoms with Crippen LogP contribution in [-0.2, 0) is 11.3 Å². The molecular weight excluding hydrogens is 243 g/mol. The molecule has 0 saturated carbocycles. The number of carbonyl (C=O) groups is 1. The predicted octanol–water partition coefficient (Wildman–Crippen LogP) is 2.32. The predicted molar refractivity (Wildman–Crippen MR) is 73.1 cm³/mol. The Hall–Kier alpha value is -1.42. The van der Waals surface area contributed by atoms with E-state index in [0.29, 0.717) is 19.0 Å². The molecule has 1 atom stereocenters. The SMILES string of the molecule is CN(Cc1ccc(F)cc1)C(=O)CCC1CCCN1. The molecule has 2 rings (SSSR count). The molecule has 1 aromatic carbocycles. The molecule has 1 unspecified atom stereocenters. The van der Waals surface area contributed by atoms with Crippen LogP contribution in [0.2, 0.25) is 0 Å². The van der Waals surface area contributed by atoms with Crippen molar-refractivity contribution in [3.05, 3.63) is 35.6 Å². The van der Waals surface area contributed by atoms with Gasteiger partial charge in [-0.3, -0.25) is 4.79 Å². The molecule has 19 heavy (non-hydrogen) atoms. The molecule has 3 nitrogen and oxygen atoms in total. The van der Waals surface area contributed by atoms with Gasteiger partial charge in [-0.2, -0.15) is 0 Å². The van der Waals surface area contributed by atoms with Gasteiger partial charge in [0, 0.05) is 26.1 Å². The summed E-state index contributed by atoms with van der Waals surface area (Å²) in [6.45, 7) is 1.61. The Labute approximate surface area is 113 Å². The van der Waals surface area contributed by atoms with Crippen molar-refractivity contribution in [2.75, 3.05) is 13.6 Å². The Morgan fingerprint density at radius 3 is 2.79 bits per heavy atom. The van der Waals surface area contributed by atoms with Crippen molar-refractivity contribution < 1.29 is 9.18 Å². The second-order valence-corrected chi connectivity index (χ2v) is 5.21. The number of benzene rings is 1. The lowest BCUT2D eigenvalue weighted by molar-refractivity contribution is -0.130. The maximum atomic E-state index is 12.8. The fraction of sp³-hybridized carbons (Fsp3) is 0.533. The fourth-order valence-corrected chi connectivity index (χ4v) is 2.44. The molecule has 1 amide bonds. The molecule has 1 saturated heterocycles. The van der Waals surface area contributed by atoms with Crippen molar-refractivity contribution in [3.8, 4) is 0 Å². The third-order valence-electron chi connectivity index (χ3n) is 3.63. The summed E-state index contributed by atoms with van der Waals surface area (Å²) in [7, 11) is 1.80. The highest BCUT2D eigenvalue weighted by Gasteiger charge is 2.16. The molecule has 1 fully saturated rings. The zero-order valence-electron chi connectivity index (χ0n) is 11.4. The van der Waals surface area contributed by atoms with Crippen molar-refractivity contribution >= 4 is 5.91 Å². The summed E-state index contributed by atoms with van der Waals surface area (Å²) in [6.07, 6.45) is 3.88. The van der Waals surface area contributed by atoms with E-state index in [9.17, 15) is 9.18 Å². The Balaban J connectivity index is 1.76. The first kappa shape index (κ1) is 14.0. The fourth-order valence-electron chi connectivity index (χ4n) is 2.44. The van der Waals surface area contributed by atoms with E-state index in [1.807, 2.05) is 0 Å². The quantitative estimate of drug-likeness (QED) is 0.885. The van der Waals surface area contributed by atoms with E-state index in [-0.39, 0.29) is 11.7 Å². The normalized spacial score (nSPS) is 18.5. The molecular formula is C15H21FN2O. The largest absolute Gasteiger partial charge is 0.341 e. The topological polar surface area (TPSA) is 32.3 Å². The number of hydrogen-bond acceptors (Lipinski definition) is 2. The molecule has 1 aliphatic heterocycles. The van der Waals surface area contributed by atoms with E-state index >= 15 is 0 Å². The Kier molecular flexibility index (Phi) is 4.91. The van der Waals surface area contributed by atoms with Crippen LogP contribution < -0.4 is 5.32 Å². The third kappa shape index (κ3) is 4.31. The number of hydrogen-bond donors (Lipinski definition) is 1. The number of amides is 1. The number of rotatable bonds is 5. The van der Waals surface area contributed by atoms with Gasteiger partial charge in [-0.15, -0.1) is 0 Å². The molecule has 0 bridgehead atoms. The molecule has 0 spiro atoms. The van der Waals surface area contributed by atoms with Crippen LogP contribution in [0.25, 0.3) is 0 Å². The van der Waals surface area contributed by atoms with E-state index in [4.69, 9.17) is 0 Å². The molecule has 1 aliphatic rings. The van der Waals surface area contributed by atoms with Crippen molar-refractivity contribution in [2.24, 2.45) is 0 Å². The van der Waals surface area contributed by atoms with Crippen LogP contribution in [0.1, 0.15) is 31.2 Å². The minimum atomic E-state index is -0.245. The zero-order valence-corrected chi connectivity index (χ0v) is 11.4. The highest BCUT2D eigenvalue weighted by molar-refractivity contribution is 5.75. The van der Waals surface area contributed by atoms with Gasteiger partial charge in [-0.25, -0.2) is 4.39 Å². The van der Waals surface area contributed by atoms with E-state index in [1.54, 1.807) is 24.1 Å². The highest BCUT2D eigenvalue weighted by atomic mass is 19.1. The van der Waals surface area contributed by atoms with Crippen LogP contribution in [0.15, 0.2) is 24.3 Å². The summed E-state index contributed by atoms with van der Waals surface area (Å²) >= 11 is 0. The monoisotopic (exact) mass is 264 g/mol. The summed E-state index contributed by atoms with van der Waals surface area (Å²) < 4.78 is 12.8. The number of halogens is 1. The van der Waals surface area contributed by atoms with Crippen molar-refractivity contribution in [2.45, 2.75) is 38.3 Å². The third-order valence-corrected chi connectivity index (χ3v) is 3.63. The second kappa shape index (κ2) is 6.66. The number of carbonyl (C=O) groups excluding carboxylic acids is 1. The molecule has 0 radical (unpaired) electrons. The molecule has 4 heteroatoms. The highest BCUT2D eigenvalue weighted by Crippen LogP contribution is 2.12. The maximum Gasteiger partial charge on any atom is 0.222 e. The maximum absolute atomic E-state index is 12.8. The van der Waals surface area contributed by atoms with Crippen LogP contribution in [0.4, 0.5) is 4.39 Å². The number of nitrogens with one attached hydrogen (secondary N) is 1. The summed E-state index contributed by atoms with van der Waals surface area (Å²) in [5.74, 6) is -0.0944. The summed E-state index contributed by atoms with van der Waals surface area (Å²) in [5, 5.41) is 3.39. The molecule has 104 valence electrons. The van der Waals surface area contributed by atoms with Gasteiger partial charge >= 0.3 is 0 Å². The first-order valence-corrected chi connectivity index (χ1v) is 6.87. The summed E-state index contributed by atoms with van der Waals surface area (Å²) in [5.41, 5.74) is 0.955. The lowest BCUT2D eigenvalue weighted by atomic mass is 10.1. The summed E-state index contributed by atoms with van der Waals surface area (Å²) in [6, 6.07) is 6.80. The van der Waals surface area contributed by atoms with Gasteiger partial charge in [0.2, 0.25) is 5.91 Å². The van der Waals surface area contributed by atoms with Crippen molar-refractivity contribution in [1.82, 2.24) is 10.2 Å². The van der Waals surface area contributed by atoms with Crippen LogP contribution >= 0.6 is 0 Å². The van der Waals surface area contributed by atoms with E-state index in [1.165, 1.54) is 25.0 Å². The first-order valence-electron chi connectivity index (χ1n) is 6.87. The van der Waals surface area contributed by atoms with E-state index < -0.39 is 0 Å². The molecule has 1 N–H and O–H groups in total. The minimum Gasteiger partial charge on any atom is -0.341 e. The van der Waals surface area contributed by atoms with E-state index in [2.05, 4.69) is 5.32 Å². The van der Waals surface area contributed by atoms with Gasteiger partial charge in [-0.1, -0.05) is 12.1 Å². The Bertz CT molecular complexity index is 413. The molecule has 0 aromatic heterocycles. The average Bonchev–Trinajstić information content (AvgIpc) is 2.91. The van der Waals surface area contributed by atoms with Gasteiger partial charge in [0.15, 0.2) is 0 Å². The zero-order chi connectivity index (χ0) is 13.7. The van der Waals surface area contributed by atoms with Crippen LogP contribution in [0.3, 0.4) is 0 Å². The average molecular weight is 264 g/mol. The van der Waals surface area contributed by atoms with Crippen LogP contribution in [-0.4, -0.2) is 30.4 Å². The standard InChI is InChI=1S/C15H21FN2O/c1-18(11-12-4-6-13(16)7-5-12)15(19)9-8-14-3-2-10-17-14/h4-7,14,17H,2-3,8-11H2,1H3. The molecule has 1 heterocycles. The lowest BCUT2D eigenvalue weighted by Crippen LogP contribution is -2.29. The van der Waals surface area contributed by atoms with Gasteiger partial charge in [0.1, 0.15) is 5.82 Å². The lowest BCUT2D eigenvalue weighted by Gasteiger charge is -2.18. The van der Waals surface area contributed by atoms with Gasteiger partial charge in [0.05, 0.1) is 0 Å². The summed E-state index contributed by atoms with van der Waals surface area (Å²) in [4.78, 5) is 13.7. The first-order chi connectivity index (χ1) is 9.15. The van der Waals surface area contributed by atoms with E-state index in [0.717, 1.165) is 18.5 Å². The van der Waals surface area contributed by atoms with Gasteiger partial charge < -0.3 is 10.2 Å². The van der Waals surface area contributed by atoms with Gasteiger partial charge in [0.25, 0.3) is 0 Å². The molecule has 0 aliphatic carbocycles. The Morgan fingerprint density at radius 2 is 2.16 bits per heavy atom. The number of nitrogens with zero attached hydrogens (tertiary/aromatic N) is 1. The van der Waals surface area contributed by atoms with Crippen LogP contribution in [0.5, 0.6) is 0 Å². The minimum absolute atomic E-state index is 0.151. The van der Waals surface area contributed by atoms with Crippen molar-refractivity contribution in [1.29, 1.82) is 0 Å². The van der Waals surface area contributed by atoms with Crippen molar-refractivity contribution in [3.63, 3.8) is 0 Å². The smallest absolute Gasteiger partial charge is 0.222 e. The van der Waals surface area contributed by atoms with Gasteiger partial charge in [-0.05, 0) is 43.5 Å².